The van der Waals surface area contributed by atoms with Crippen molar-refractivity contribution in [2.45, 2.75) is 32.9 Å². The first-order valence-electron chi connectivity index (χ1n) is 12.5. The van der Waals surface area contributed by atoms with Gasteiger partial charge >= 0.3 is 0 Å². The van der Waals surface area contributed by atoms with Crippen molar-refractivity contribution in [3.8, 4) is 11.6 Å². The molecular weight excluding hydrogens is 532 g/mol. The van der Waals surface area contributed by atoms with Gasteiger partial charge < -0.3 is 24.8 Å². The van der Waals surface area contributed by atoms with Crippen molar-refractivity contribution in [3.05, 3.63) is 95.7 Å². The Morgan fingerprint density at radius 3 is 2.59 bits per heavy atom. The van der Waals surface area contributed by atoms with Crippen LogP contribution in [0.15, 0.2) is 79.3 Å². The largest absolute Gasteiger partial charge is 0.494 e. The minimum Gasteiger partial charge on any atom is -0.494 e. The predicted molar refractivity (Wildman–Crippen MR) is 158 cm³/mol. The lowest BCUT2D eigenvalue weighted by molar-refractivity contribution is -0.123. The second-order valence-corrected chi connectivity index (χ2v) is 11.0. The third-order valence-corrected chi connectivity index (χ3v) is 7.07. The molecule has 1 fully saturated rings. The molecule has 10 heteroatoms. The first-order chi connectivity index (χ1) is 18.7. The maximum atomic E-state index is 12.7. The minimum absolute atomic E-state index is 0.103. The van der Waals surface area contributed by atoms with Crippen molar-refractivity contribution >= 4 is 46.2 Å². The van der Waals surface area contributed by atoms with Gasteiger partial charge in [0, 0.05) is 41.5 Å². The number of rotatable bonds is 6. The molecule has 200 valence electrons. The summed E-state index contributed by atoms with van der Waals surface area (Å²) in [6.45, 7) is 5.60. The number of hydrogen-bond acceptors (Lipinski definition) is 5. The first-order valence-corrected chi connectivity index (χ1v) is 13.3. The Morgan fingerprint density at radius 1 is 1.10 bits per heavy atom. The molecule has 1 saturated heterocycles. The van der Waals surface area contributed by atoms with E-state index in [-0.39, 0.29) is 18.0 Å². The van der Waals surface area contributed by atoms with Gasteiger partial charge in [-0.2, -0.15) is 0 Å². The fourth-order valence-corrected chi connectivity index (χ4v) is 4.99. The summed E-state index contributed by atoms with van der Waals surface area (Å²) in [5, 5.41) is 7.56. The molecule has 0 aliphatic carbocycles. The second-order valence-electron chi connectivity index (χ2n) is 10.2. The Kier molecular flexibility index (Phi) is 7.29. The number of amides is 1. The number of thiocarbonyl (C=S) groups is 1. The minimum atomic E-state index is -0.549. The fourth-order valence-electron chi connectivity index (χ4n) is 4.53. The summed E-state index contributed by atoms with van der Waals surface area (Å²) in [5.74, 6) is 1.16. The first kappa shape index (κ1) is 26.6. The summed E-state index contributed by atoms with van der Waals surface area (Å²) < 4.78 is 7.71. The molecule has 1 amide bonds. The highest BCUT2D eigenvalue weighted by molar-refractivity contribution is 7.80. The van der Waals surface area contributed by atoms with Gasteiger partial charge in [0.15, 0.2) is 5.11 Å². The van der Waals surface area contributed by atoms with E-state index in [1.54, 1.807) is 19.5 Å². The van der Waals surface area contributed by atoms with E-state index in [2.05, 4.69) is 26.7 Å². The number of methoxy groups -OCH3 is 1. The Morgan fingerprint density at radius 2 is 1.92 bits per heavy atom. The number of pyridine rings is 2. The van der Waals surface area contributed by atoms with Gasteiger partial charge in [0.2, 0.25) is 5.91 Å². The van der Waals surface area contributed by atoms with Crippen LogP contribution >= 0.6 is 23.8 Å². The van der Waals surface area contributed by atoms with Gasteiger partial charge in [0.1, 0.15) is 17.6 Å². The van der Waals surface area contributed by atoms with Gasteiger partial charge in [-0.15, -0.1) is 0 Å². The SMILES string of the molecule is COc1cc(N2C(=S)N[C@H](c3ccccn3)[C@@H]2c2cccn2-c2ccc(Cl)cn2)ccc1NC(=O)C(C)(C)C. The Labute approximate surface area is 238 Å². The average Bonchev–Trinajstić information content (AvgIpc) is 3.53. The van der Waals surface area contributed by atoms with Crippen molar-refractivity contribution in [2.24, 2.45) is 5.41 Å². The number of carbonyl (C=O) groups excluding carboxylic acids is 1. The lowest BCUT2D eigenvalue weighted by Gasteiger charge is -2.29. The molecule has 1 aliphatic heterocycles. The maximum absolute atomic E-state index is 12.7. The van der Waals surface area contributed by atoms with Crippen molar-refractivity contribution in [3.63, 3.8) is 0 Å². The van der Waals surface area contributed by atoms with Crippen LogP contribution in [0.1, 0.15) is 44.2 Å². The van der Waals surface area contributed by atoms with Crippen LogP contribution in [0.25, 0.3) is 5.82 Å². The van der Waals surface area contributed by atoms with E-state index in [9.17, 15) is 4.79 Å². The molecule has 2 atom stereocenters. The molecule has 39 heavy (non-hydrogen) atoms. The number of aromatic nitrogens is 3. The molecule has 5 rings (SSSR count). The van der Waals surface area contributed by atoms with Crippen molar-refractivity contribution in [2.75, 3.05) is 17.3 Å². The summed E-state index contributed by atoms with van der Waals surface area (Å²) in [5.41, 5.74) is 2.65. The molecule has 0 unspecified atom stereocenters. The number of nitrogens with one attached hydrogen (secondary N) is 2. The zero-order valence-electron chi connectivity index (χ0n) is 22.1. The summed E-state index contributed by atoms with van der Waals surface area (Å²) in [4.78, 5) is 23.9. The zero-order chi connectivity index (χ0) is 27.7. The quantitative estimate of drug-likeness (QED) is 0.276. The van der Waals surface area contributed by atoms with Crippen LogP contribution in [0, 0.1) is 5.41 Å². The molecule has 1 aliphatic rings. The van der Waals surface area contributed by atoms with Gasteiger partial charge in [-0.3, -0.25) is 9.78 Å². The number of hydrogen-bond donors (Lipinski definition) is 2. The molecule has 3 aromatic heterocycles. The second kappa shape index (κ2) is 10.7. The Hall–Kier alpha value is -3.95. The summed E-state index contributed by atoms with van der Waals surface area (Å²) in [6.07, 6.45) is 5.36. The molecule has 0 radical (unpaired) electrons. The van der Waals surface area contributed by atoms with Gasteiger partial charge in [0.25, 0.3) is 0 Å². The molecule has 0 spiro atoms. The lowest BCUT2D eigenvalue weighted by atomic mass is 9.95. The van der Waals surface area contributed by atoms with E-state index < -0.39 is 5.41 Å². The topological polar surface area (TPSA) is 84.3 Å². The number of nitrogens with zero attached hydrogens (tertiary/aromatic N) is 4. The number of carbonyl (C=O) groups is 1. The highest BCUT2D eigenvalue weighted by Crippen LogP contribution is 2.44. The van der Waals surface area contributed by atoms with E-state index in [0.717, 1.165) is 22.9 Å². The van der Waals surface area contributed by atoms with E-state index in [0.29, 0.717) is 21.6 Å². The molecule has 1 aromatic carbocycles. The van der Waals surface area contributed by atoms with Gasteiger partial charge in [-0.1, -0.05) is 38.4 Å². The highest BCUT2D eigenvalue weighted by atomic mass is 35.5. The fraction of sp³-hybridized carbons (Fsp3) is 0.241. The number of anilines is 2. The van der Waals surface area contributed by atoms with Gasteiger partial charge in [-0.25, -0.2) is 4.98 Å². The number of benzene rings is 1. The van der Waals surface area contributed by atoms with Crippen LogP contribution in [0.4, 0.5) is 11.4 Å². The van der Waals surface area contributed by atoms with Crippen LogP contribution in [-0.2, 0) is 4.79 Å². The van der Waals surface area contributed by atoms with Crippen molar-refractivity contribution in [1.29, 1.82) is 0 Å². The number of halogens is 1. The van der Waals surface area contributed by atoms with Crippen molar-refractivity contribution in [1.82, 2.24) is 19.9 Å². The molecule has 0 saturated carbocycles. The van der Waals surface area contributed by atoms with Gasteiger partial charge in [-0.05, 0) is 60.7 Å². The summed E-state index contributed by atoms with van der Waals surface area (Å²) in [6, 6.07) is 18.7. The van der Waals surface area contributed by atoms with Crippen LogP contribution in [0.3, 0.4) is 0 Å². The average molecular weight is 561 g/mol. The van der Waals surface area contributed by atoms with E-state index in [1.807, 2.05) is 91.0 Å². The van der Waals surface area contributed by atoms with E-state index in [1.165, 1.54) is 0 Å². The molecule has 2 N–H and O–H groups in total. The monoisotopic (exact) mass is 560 g/mol. The number of ether oxygens (including phenoxy) is 1. The van der Waals surface area contributed by atoms with E-state index >= 15 is 0 Å². The highest BCUT2D eigenvalue weighted by Gasteiger charge is 2.42. The summed E-state index contributed by atoms with van der Waals surface area (Å²) >= 11 is 12.0. The lowest BCUT2D eigenvalue weighted by Crippen LogP contribution is -2.30. The van der Waals surface area contributed by atoms with Crippen LogP contribution in [0.5, 0.6) is 5.75 Å². The van der Waals surface area contributed by atoms with Crippen LogP contribution < -0.4 is 20.3 Å². The predicted octanol–water partition coefficient (Wildman–Crippen LogP) is 6.09. The van der Waals surface area contributed by atoms with E-state index in [4.69, 9.17) is 28.6 Å². The Balaban J connectivity index is 1.60. The molecular formula is C29H29ClN6O2S. The normalized spacial score (nSPS) is 17.2. The summed E-state index contributed by atoms with van der Waals surface area (Å²) in [7, 11) is 1.58. The molecule has 4 heterocycles. The third-order valence-electron chi connectivity index (χ3n) is 6.53. The van der Waals surface area contributed by atoms with Crippen LogP contribution in [-0.4, -0.2) is 32.7 Å². The van der Waals surface area contributed by atoms with Crippen molar-refractivity contribution < 1.29 is 9.53 Å². The van der Waals surface area contributed by atoms with Gasteiger partial charge in [0.05, 0.1) is 29.6 Å². The maximum Gasteiger partial charge on any atom is 0.229 e. The Bertz CT molecular complexity index is 1500. The third kappa shape index (κ3) is 5.32. The smallest absolute Gasteiger partial charge is 0.229 e. The molecule has 4 aromatic rings. The molecule has 8 nitrogen and oxygen atoms in total. The molecule has 0 bridgehead atoms. The zero-order valence-corrected chi connectivity index (χ0v) is 23.6. The standard InChI is InChI=1S/C29H29ClN6O2S/c1-29(2,3)27(37)33-20-12-11-19(16-23(20)38-4)36-26(25(34-28(36)39)21-8-5-6-14-31-21)22-9-7-15-35(22)24-13-10-18(30)17-32-24/h5-17,25-26H,1-4H3,(H,33,37)(H,34,39)/t25-,26+/m1/s1. The van der Waals surface area contributed by atoms with Crippen LogP contribution in [0.2, 0.25) is 5.02 Å².